The number of carbonyl (C=O) groups is 2. The fourth-order valence-corrected chi connectivity index (χ4v) is 3.90. The van der Waals surface area contributed by atoms with Gasteiger partial charge < -0.3 is 19.6 Å². The summed E-state index contributed by atoms with van der Waals surface area (Å²) < 4.78 is 54.1. The number of hydrogen-bond donors (Lipinski definition) is 2. The average molecular weight is 538 g/mol. The van der Waals surface area contributed by atoms with E-state index in [1.165, 1.54) is 18.2 Å². The summed E-state index contributed by atoms with van der Waals surface area (Å²) in [6.45, 7) is -0.466. The van der Waals surface area contributed by atoms with Crippen LogP contribution in [0.5, 0.6) is 5.75 Å². The van der Waals surface area contributed by atoms with Crippen molar-refractivity contribution in [1.82, 2.24) is 20.2 Å². The van der Waals surface area contributed by atoms with E-state index < -0.39 is 18.8 Å². The molecular formula is C25H26F4N4O5. The highest BCUT2D eigenvalue weighted by Gasteiger charge is 2.38. The van der Waals surface area contributed by atoms with Gasteiger partial charge in [-0.25, -0.2) is 14.2 Å². The smallest absolute Gasteiger partial charge is 0.490 e. The number of carboxylic acids is 1. The van der Waals surface area contributed by atoms with E-state index in [1.807, 2.05) is 30.5 Å². The number of nitrogens with one attached hydrogen (secondary N) is 1. The summed E-state index contributed by atoms with van der Waals surface area (Å²) >= 11 is 0. The lowest BCUT2D eigenvalue weighted by atomic mass is 9.92. The highest BCUT2D eigenvalue weighted by Crippen LogP contribution is 2.29. The fourth-order valence-electron chi connectivity index (χ4n) is 3.90. The van der Waals surface area contributed by atoms with Crippen molar-refractivity contribution in [3.05, 3.63) is 58.8 Å². The molecule has 3 aromatic rings. The Morgan fingerprint density at radius 3 is 2.45 bits per heavy atom. The quantitative estimate of drug-likeness (QED) is 0.343. The number of carbonyl (C=O) groups excluding carboxylic acids is 1. The molecule has 0 radical (unpaired) electrons. The van der Waals surface area contributed by atoms with Crippen molar-refractivity contribution in [2.24, 2.45) is 0 Å². The van der Waals surface area contributed by atoms with Crippen LogP contribution in [0.3, 0.4) is 0 Å². The van der Waals surface area contributed by atoms with Gasteiger partial charge in [-0.1, -0.05) is 0 Å². The van der Waals surface area contributed by atoms with Crippen molar-refractivity contribution < 1.29 is 41.7 Å². The molecule has 204 valence electrons. The Morgan fingerprint density at radius 1 is 1.11 bits per heavy atom. The van der Waals surface area contributed by atoms with Crippen molar-refractivity contribution >= 4 is 11.9 Å². The lowest BCUT2D eigenvalue weighted by Gasteiger charge is -2.16. The van der Waals surface area contributed by atoms with Gasteiger partial charge in [0, 0.05) is 17.7 Å². The van der Waals surface area contributed by atoms with Crippen LogP contribution < -0.4 is 4.74 Å². The first kappa shape index (κ1) is 28.5. The van der Waals surface area contributed by atoms with Crippen LogP contribution >= 0.6 is 0 Å². The first-order chi connectivity index (χ1) is 18.1. The van der Waals surface area contributed by atoms with Crippen molar-refractivity contribution in [3.63, 3.8) is 0 Å². The third kappa shape index (κ3) is 7.73. The molecule has 0 atom stereocenters. The number of nitrogens with zero attached hydrogens (tertiary/aromatic N) is 3. The number of fused-ring (bicyclic) bond motifs is 2. The zero-order valence-corrected chi connectivity index (χ0v) is 20.5. The van der Waals surface area contributed by atoms with Gasteiger partial charge in [0.1, 0.15) is 24.9 Å². The Balaban J connectivity index is 0.000000505. The lowest BCUT2D eigenvalue weighted by molar-refractivity contribution is -0.192. The molecule has 0 fully saturated rings. The van der Waals surface area contributed by atoms with Gasteiger partial charge in [0.25, 0.3) is 0 Å². The predicted molar refractivity (Wildman–Crippen MR) is 126 cm³/mol. The number of H-pyrrole nitrogens is 1. The maximum absolute atomic E-state index is 12.3. The van der Waals surface area contributed by atoms with Gasteiger partial charge in [0.15, 0.2) is 0 Å². The molecule has 0 aliphatic heterocycles. The number of aromatic amines is 1. The van der Waals surface area contributed by atoms with Crippen LogP contribution in [-0.4, -0.2) is 63.8 Å². The normalized spacial score (nSPS) is 12.7. The van der Waals surface area contributed by atoms with Crippen molar-refractivity contribution in [3.8, 4) is 17.0 Å². The summed E-state index contributed by atoms with van der Waals surface area (Å²) in [4.78, 5) is 28.4. The number of aromatic nitrogens is 4. The zero-order valence-electron chi connectivity index (χ0n) is 20.5. The first-order valence-electron chi connectivity index (χ1n) is 11.7. The number of carboxylic acid groups (broad SMARTS) is 1. The number of rotatable bonds is 7. The molecule has 1 aromatic carbocycles. The van der Waals surface area contributed by atoms with E-state index in [0.29, 0.717) is 18.6 Å². The molecule has 2 heterocycles. The van der Waals surface area contributed by atoms with E-state index in [0.717, 1.165) is 54.2 Å². The van der Waals surface area contributed by atoms with Gasteiger partial charge in [0.2, 0.25) is 0 Å². The highest BCUT2D eigenvalue weighted by atomic mass is 19.4. The second-order valence-corrected chi connectivity index (χ2v) is 8.25. The van der Waals surface area contributed by atoms with E-state index in [1.54, 1.807) is 0 Å². The Morgan fingerprint density at radius 2 is 1.82 bits per heavy atom. The molecule has 2 N–H and O–H groups in total. The van der Waals surface area contributed by atoms with Crippen LogP contribution in [-0.2, 0) is 46.4 Å². The maximum atomic E-state index is 12.3. The number of imidazole rings is 1. The summed E-state index contributed by atoms with van der Waals surface area (Å²) in [6.07, 6.45) is 0.860. The summed E-state index contributed by atoms with van der Waals surface area (Å²) in [6, 6.07) is 7.52. The molecule has 0 unspecified atom stereocenters. The zero-order chi connectivity index (χ0) is 27.7. The largest absolute Gasteiger partial charge is 0.491 e. The van der Waals surface area contributed by atoms with E-state index in [2.05, 4.69) is 15.2 Å². The molecule has 9 nitrogen and oxygen atoms in total. The third-order valence-electron chi connectivity index (χ3n) is 5.72. The van der Waals surface area contributed by atoms with Crippen molar-refractivity contribution in [2.75, 3.05) is 20.4 Å². The van der Waals surface area contributed by atoms with Gasteiger partial charge in [-0.15, -0.1) is 0 Å². The molecule has 0 amide bonds. The topological polar surface area (TPSA) is 127 Å². The number of benzene rings is 1. The number of halogens is 4. The van der Waals surface area contributed by atoms with E-state index in [4.69, 9.17) is 24.4 Å². The molecule has 0 bridgehead atoms. The fraction of sp³-hybridized carbons (Fsp3) is 0.400. The summed E-state index contributed by atoms with van der Waals surface area (Å²) in [5.74, 6) is -1.54. The summed E-state index contributed by atoms with van der Waals surface area (Å²) in [5.41, 5.74) is 6.34. The Hall–Kier alpha value is -4.03. The first-order valence-corrected chi connectivity index (χ1v) is 11.7. The molecule has 0 saturated carbocycles. The standard InChI is InChI=1S/C23H25FN4O3.C2HF3O2/c1-30-22(29)11-10-21-26-19-8-4-16-14-25-28-23(18(16)7-9-20(19)27-21)15-2-5-17(6-3-15)31-13-12-24;3-2(4,5)1(6)7/h2-3,5-6,14H,4,7-13H2,1H3,(H,26,27);(H,6,7). The number of alkyl halides is 4. The minimum Gasteiger partial charge on any atom is -0.491 e. The molecule has 1 aliphatic carbocycles. The minimum absolute atomic E-state index is 0.0491. The number of hydrogen-bond acceptors (Lipinski definition) is 7. The number of ether oxygens (including phenoxy) is 2. The maximum Gasteiger partial charge on any atom is 0.490 e. The van der Waals surface area contributed by atoms with E-state index in [-0.39, 0.29) is 12.6 Å². The van der Waals surface area contributed by atoms with Crippen molar-refractivity contribution in [2.45, 2.75) is 44.7 Å². The second kappa shape index (κ2) is 13.0. The third-order valence-corrected chi connectivity index (χ3v) is 5.72. The van der Waals surface area contributed by atoms with Gasteiger partial charge in [-0.05, 0) is 61.1 Å². The summed E-state index contributed by atoms with van der Waals surface area (Å²) in [7, 11) is 1.39. The molecule has 13 heteroatoms. The molecule has 1 aliphatic rings. The molecule has 2 aromatic heterocycles. The van der Waals surface area contributed by atoms with Gasteiger partial charge in [0.05, 0.1) is 31.1 Å². The molecule has 0 saturated heterocycles. The van der Waals surface area contributed by atoms with Crippen LogP contribution in [0.4, 0.5) is 17.6 Å². The molecule has 38 heavy (non-hydrogen) atoms. The van der Waals surface area contributed by atoms with Crippen molar-refractivity contribution in [1.29, 1.82) is 0 Å². The Kier molecular flexibility index (Phi) is 9.74. The molecule has 0 spiro atoms. The van der Waals surface area contributed by atoms with Crippen LogP contribution in [0.1, 0.15) is 34.8 Å². The lowest BCUT2D eigenvalue weighted by Crippen LogP contribution is -2.21. The molecule has 4 rings (SSSR count). The van der Waals surface area contributed by atoms with Crippen LogP contribution in [0.2, 0.25) is 0 Å². The molecular weight excluding hydrogens is 512 g/mol. The number of esters is 1. The van der Waals surface area contributed by atoms with Crippen LogP contribution in [0, 0.1) is 0 Å². The van der Waals surface area contributed by atoms with Gasteiger partial charge >= 0.3 is 18.1 Å². The van der Waals surface area contributed by atoms with E-state index >= 15 is 0 Å². The minimum atomic E-state index is -5.08. The van der Waals surface area contributed by atoms with E-state index in [9.17, 15) is 22.4 Å². The number of methoxy groups -OCH3 is 1. The Bertz CT molecular complexity index is 1250. The van der Waals surface area contributed by atoms with Crippen LogP contribution in [0.15, 0.2) is 30.5 Å². The van der Waals surface area contributed by atoms with Gasteiger partial charge in [-0.2, -0.15) is 23.4 Å². The predicted octanol–water partition coefficient (Wildman–Crippen LogP) is 3.84. The highest BCUT2D eigenvalue weighted by molar-refractivity contribution is 5.73. The monoisotopic (exact) mass is 538 g/mol. The van der Waals surface area contributed by atoms with Gasteiger partial charge in [-0.3, -0.25) is 4.79 Å². The number of aryl methyl sites for hydroxylation is 4. The number of aliphatic carboxylic acids is 1. The SMILES string of the molecule is COC(=O)CCc1nc2c([nH]1)CCc1cnnc(-c3ccc(OCCF)cc3)c1CC2.O=C(O)C(F)(F)F. The summed E-state index contributed by atoms with van der Waals surface area (Å²) in [5, 5.41) is 15.8. The Labute approximate surface area is 215 Å². The van der Waals surface area contributed by atoms with Crippen LogP contribution in [0.25, 0.3) is 11.3 Å². The average Bonchev–Trinajstić information content (AvgIpc) is 3.28. The second-order valence-electron chi connectivity index (χ2n) is 8.25.